The molecule has 2 aromatic carbocycles. The lowest BCUT2D eigenvalue weighted by Crippen LogP contribution is -2.41. The van der Waals surface area contributed by atoms with Gasteiger partial charge in [0, 0.05) is 18.7 Å². The van der Waals surface area contributed by atoms with Crippen molar-refractivity contribution >= 4 is 23.5 Å². The highest BCUT2D eigenvalue weighted by atomic mass is 16.5. The Morgan fingerprint density at radius 2 is 1.84 bits per heavy atom. The second kappa shape index (κ2) is 9.20. The molecule has 0 aliphatic carbocycles. The van der Waals surface area contributed by atoms with Crippen LogP contribution in [0.5, 0.6) is 5.75 Å². The van der Waals surface area contributed by atoms with E-state index in [9.17, 15) is 14.4 Å². The van der Waals surface area contributed by atoms with E-state index >= 15 is 0 Å². The second-order valence-corrected chi connectivity index (χ2v) is 7.76. The lowest BCUT2D eigenvalue weighted by atomic mass is 9.96. The molecule has 1 saturated heterocycles. The number of rotatable bonds is 5. The molecule has 0 spiro atoms. The normalized spacial score (nSPS) is 16.5. The number of benzene rings is 2. The maximum Gasteiger partial charge on any atom is 0.309 e. The van der Waals surface area contributed by atoms with E-state index in [4.69, 9.17) is 9.47 Å². The zero-order valence-corrected chi connectivity index (χ0v) is 17.6. The molecule has 0 saturated carbocycles. The predicted octanol–water partition coefficient (Wildman–Crippen LogP) is 3.03. The van der Waals surface area contributed by atoms with E-state index in [0.717, 1.165) is 5.56 Å². The summed E-state index contributed by atoms with van der Waals surface area (Å²) in [5, 5.41) is 0. The smallest absolute Gasteiger partial charge is 0.309 e. The van der Waals surface area contributed by atoms with Crippen LogP contribution in [0.25, 0.3) is 0 Å². The van der Waals surface area contributed by atoms with E-state index in [-0.39, 0.29) is 30.3 Å². The van der Waals surface area contributed by atoms with E-state index in [0.29, 0.717) is 56.1 Å². The molecule has 0 radical (unpaired) electrons. The lowest BCUT2D eigenvalue weighted by molar-refractivity contribution is -0.149. The molecule has 31 heavy (non-hydrogen) atoms. The van der Waals surface area contributed by atoms with E-state index in [1.807, 2.05) is 30.3 Å². The Bertz CT molecular complexity index is 967. The highest BCUT2D eigenvalue weighted by Crippen LogP contribution is 2.34. The van der Waals surface area contributed by atoms with Crippen LogP contribution < -0.4 is 9.64 Å². The minimum Gasteiger partial charge on any atom is -0.482 e. The van der Waals surface area contributed by atoms with Crippen LogP contribution in [-0.2, 0) is 20.9 Å². The number of piperidine rings is 1. The zero-order chi connectivity index (χ0) is 21.8. The molecule has 0 N–H and O–H groups in total. The lowest BCUT2D eigenvalue weighted by Gasteiger charge is -2.32. The number of carbonyl (C=O) groups is 3. The van der Waals surface area contributed by atoms with Gasteiger partial charge in [0.15, 0.2) is 6.61 Å². The summed E-state index contributed by atoms with van der Waals surface area (Å²) in [4.78, 5) is 41.0. The summed E-state index contributed by atoms with van der Waals surface area (Å²) in [5.41, 5.74) is 2.11. The topological polar surface area (TPSA) is 76.2 Å². The number of ether oxygens (including phenoxy) is 2. The maximum atomic E-state index is 13.1. The quantitative estimate of drug-likeness (QED) is 0.693. The number of esters is 1. The van der Waals surface area contributed by atoms with Gasteiger partial charge in [-0.05, 0) is 43.5 Å². The Labute approximate surface area is 181 Å². The Morgan fingerprint density at radius 1 is 1.10 bits per heavy atom. The fourth-order valence-electron chi connectivity index (χ4n) is 4.04. The van der Waals surface area contributed by atoms with Crippen molar-refractivity contribution in [2.45, 2.75) is 26.3 Å². The van der Waals surface area contributed by atoms with Crippen molar-refractivity contribution in [2.75, 3.05) is 31.2 Å². The molecular formula is C24H26N2O5. The number of nitrogens with zero attached hydrogens (tertiary/aromatic N) is 2. The number of anilines is 1. The van der Waals surface area contributed by atoms with Crippen molar-refractivity contribution in [2.24, 2.45) is 5.92 Å². The van der Waals surface area contributed by atoms with Crippen molar-refractivity contribution in [3.63, 3.8) is 0 Å². The minimum atomic E-state index is -0.185. The van der Waals surface area contributed by atoms with Crippen molar-refractivity contribution < 1.29 is 23.9 Å². The zero-order valence-electron chi connectivity index (χ0n) is 17.6. The van der Waals surface area contributed by atoms with Gasteiger partial charge in [-0.25, -0.2) is 0 Å². The number of fused-ring (bicyclic) bond motifs is 1. The Kier molecular flexibility index (Phi) is 6.21. The monoisotopic (exact) mass is 422 g/mol. The van der Waals surface area contributed by atoms with Gasteiger partial charge in [0.25, 0.3) is 11.8 Å². The van der Waals surface area contributed by atoms with Gasteiger partial charge >= 0.3 is 5.97 Å². The van der Waals surface area contributed by atoms with Gasteiger partial charge in [0.1, 0.15) is 5.75 Å². The third-order valence-corrected chi connectivity index (χ3v) is 5.73. The molecule has 1 fully saturated rings. The largest absolute Gasteiger partial charge is 0.482 e. The molecule has 0 unspecified atom stereocenters. The Morgan fingerprint density at radius 3 is 2.55 bits per heavy atom. The number of carbonyl (C=O) groups excluding carboxylic acids is 3. The van der Waals surface area contributed by atoms with Gasteiger partial charge in [-0.15, -0.1) is 0 Å². The summed E-state index contributed by atoms with van der Waals surface area (Å²) in [6.07, 6.45) is 1.19. The first-order valence-electron chi connectivity index (χ1n) is 10.6. The van der Waals surface area contributed by atoms with Crippen LogP contribution in [0.4, 0.5) is 5.69 Å². The number of likely N-dealkylation sites (tertiary alicyclic amines) is 1. The third kappa shape index (κ3) is 4.55. The van der Waals surface area contributed by atoms with Crippen molar-refractivity contribution in [1.82, 2.24) is 4.90 Å². The first-order chi connectivity index (χ1) is 15.1. The molecule has 2 aliphatic heterocycles. The van der Waals surface area contributed by atoms with Gasteiger partial charge in [0.05, 0.1) is 24.8 Å². The van der Waals surface area contributed by atoms with Crippen molar-refractivity contribution in [3.8, 4) is 5.75 Å². The van der Waals surface area contributed by atoms with Gasteiger partial charge in [-0.1, -0.05) is 30.3 Å². The standard InChI is InChI=1S/C24H26N2O5/c1-2-30-24(29)18-10-12-25(13-11-18)23(28)19-8-9-21-20(14-19)26(22(27)16-31-21)15-17-6-4-3-5-7-17/h3-9,14,18H,2,10-13,15-16H2,1H3. The van der Waals surface area contributed by atoms with Crippen LogP contribution in [0.3, 0.4) is 0 Å². The van der Waals surface area contributed by atoms with E-state index in [1.54, 1.807) is 34.9 Å². The summed E-state index contributed by atoms with van der Waals surface area (Å²) in [7, 11) is 0. The summed E-state index contributed by atoms with van der Waals surface area (Å²) >= 11 is 0. The molecular weight excluding hydrogens is 396 g/mol. The minimum absolute atomic E-state index is 0.0193. The van der Waals surface area contributed by atoms with Gasteiger partial charge < -0.3 is 19.3 Å². The predicted molar refractivity (Wildman–Crippen MR) is 115 cm³/mol. The Hall–Kier alpha value is -3.35. The van der Waals surface area contributed by atoms with Crippen LogP contribution in [0, 0.1) is 5.92 Å². The summed E-state index contributed by atoms with van der Waals surface area (Å²) in [6, 6.07) is 14.9. The van der Waals surface area contributed by atoms with Gasteiger partial charge in [0.2, 0.25) is 0 Å². The maximum absolute atomic E-state index is 13.1. The fraction of sp³-hybridized carbons (Fsp3) is 0.375. The average Bonchev–Trinajstić information content (AvgIpc) is 2.81. The molecule has 2 aliphatic rings. The van der Waals surface area contributed by atoms with Gasteiger partial charge in [-0.2, -0.15) is 0 Å². The molecule has 4 rings (SSSR count). The second-order valence-electron chi connectivity index (χ2n) is 7.76. The number of amides is 2. The van der Waals surface area contributed by atoms with Crippen molar-refractivity contribution in [1.29, 1.82) is 0 Å². The highest BCUT2D eigenvalue weighted by Gasteiger charge is 2.31. The molecule has 162 valence electrons. The molecule has 7 nitrogen and oxygen atoms in total. The van der Waals surface area contributed by atoms with E-state index < -0.39 is 0 Å². The van der Waals surface area contributed by atoms with Crippen LogP contribution in [-0.4, -0.2) is 49.0 Å². The van der Waals surface area contributed by atoms with Gasteiger partial charge in [-0.3, -0.25) is 14.4 Å². The summed E-state index contributed by atoms with van der Waals surface area (Å²) in [5.74, 6) is 0.00242. The SMILES string of the molecule is CCOC(=O)C1CCN(C(=O)c2ccc3c(c2)N(Cc2ccccc2)C(=O)CO3)CC1. The molecule has 2 amide bonds. The molecule has 0 atom stereocenters. The number of hydrogen-bond acceptors (Lipinski definition) is 5. The average molecular weight is 422 g/mol. The van der Waals surface area contributed by atoms with E-state index in [1.165, 1.54) is 0 Å². The molecule has 7 heteroatoms. The summed E-state index contributed by atoms with van der Waals surface area (Å²) < 4.78 is 10.7. The van der Waals surface area contributed by atoms with E-state index in [2.05, 4.69) is 0 Å². The molecule has 0 aromatic heterocycles. The molecule has 2 heterocycles. The first-order valence-corrected chi connectivity index (χ1v) is 10.6. The highest BCUT2D eigenvalue weighted by molar-refractivity contribution is 6.01. The van der Waals surface area contributed by atoms with Crippen LogP contribution in [0.15, 0.2) is 48.5 Å². The molecule has 0 bridgehead atoms. The third-order valence-electron chi connectivity index (χ3n) is 5.73. The fourth-order valence-corrected chi connectivity index (χ4v) is 4.04. The van der Waals surface area contributed by atoms with Crippen LogP contribution in [0.2, 0.25) is 0 Å². The Balaban J connectivity index is 1.50. The number of hydrogen-bond donors (Lipinski definition) is 0. The van der Waals surface area contributed by atoms with Crippen LogP contribution >= 0.6 is 0 Å². The summed E-state index contributed by atoms with van der Waals surface area (Å²) in [6.45, 7) is 3.56. The van der Waals surface area contributed by atoms with Crippen LogP contribution in [0.1, 0.15) is 35.7 Å². The first kappa shape index (κ1) is 20.9. The van der Waals surface area contributed by atoms with Crippen molar-refractivity contribution in [3.05, 3.63) is 59.7 Å². The molecule has 2 aromatic rings.